The van der Waals surface area contributed by atoms with Crippen LogP contribution >= 0.6 is 0 Å². The summed E-state index contributed by atoms with van der Waals surface area (Å²) in [7, 11) is -4.03. The van der Waals surface area contributed by atoms with Crippen molar-refractivity contribution in [1.82, 2.24) is 4.31 Å². The molecule has 0 spiro atoms. The van der Waals surface area contributed by atoms with Crippen molar-refractivity contribution < 1.29 is 33.3 Å². The van der Waals surface area contributed by atoms with Crippen molar-refractivity contribution in [3.63, 3.8) is 0 Å². The highest BCUT2D eigenvalue weighted by molar-refractivity contribution is 7.93. The third-order valence-electron chi connectivity index (χ3n) is 5.89. The third kappa shape index (κ3) is 7.59. The van der Waals surface area contributed by atoms with Crippen LogP contribution in [0, 0.1) is 0 Å². The van der Waals surface area contributed by atoms with Gasteiger partial charge in [0, 0.05) is 30.9 Å². The summed E-state index contributed by atoms with van der Waals surface area (Å²) in [6, 6.07) is 13.9. The van der Waals surface area contributed by atoms with Gasteiger partial charge >= 0.3 is 5.97 Å². The summed E-state index contributed by atoms with van der Waals surface area (Å²) in [5.74, 6) is -0.741. The number of hydrogen-bond donors (Lipinski definition) is 3. The monoisotopic (exact) mass is 528 g/mol. The molecule has 1 aliphatic heterocycles. The molecule has 9 nitrogen and oxygen atoms in total. The quantitative estimate of drug-likeness (QED) is 0.408. The predicted molar refractivity (Wildman–Crippen MR) is 141 cm³/mol. The molecule has 0 fully saturated rings. The fourth-order valence-corrected chi connectivity index (χ4v) is 4.89. The van der Waals surface area contributed by atoms with Crippen molar-refractivity contribution in [2.24, 2.45) is 4.99 Å². The first-order valence-electron chi connectivity index (χ1n) is 11.6. The largest absolute Gasteiger partial charge is 0.482 e. The van der Waals surface area contributed by atoms with Crippen LogP contribution in [0.3, 0.4) is 0 Å². The molecule has 0 aliphatic carbocycles. The Kier molecular flexibility index (Phi) is 8.70. The first-order chi connectivity index (χ1) is 17.3. The number of rotatable bonds is 11. The smallest absolute Gasteiger partial charge is 0.341 e. The highest BCUT2D eigenvalue weighted by Gasteiger charge is 2.28. The summed E-state index contributed by atoms with van der Waals surface area (Å²) in [5.41, 5.74) is 0.532. The van der Waals surface area contributed by atoms with Gasteiger partial charge in [-0.15, -0.1) is 0 Å². The van der Waals surface area contributed by atoms with Gasteiger partial charge in [-0.2, -0.15) is 4.31 Å². The van der Waals surface area contributed by atoms with Crippen molar-refractivity contribution in [3.05, 3.63) is 88.5 Å². The van der Waals surface area contributed by atoms with Crippen LogP contribution in [-0.4, -0.2) is 59.0 Å². The maximum atomic E-state index is 13.7. The molecule has 0 radical (unpaired) electrons. The van der Waals surface area contributed by atoms with Crippen LogP contribution in [0.1, 0.15) is 37.5 Å². The molecule has 3 N–H and O–H groups in total. The standard InChI is InChI=1S/C27H32N2O7S/c1-26(2,19-30)22-8-4-20(5-9-22)15-29(16-21-6-10-23(11-7-21)36-17-25(31)32)37(34,35)24-12-13-27(3,33)18-28-14-24/h4-14,18,30,33H,15-17,19H2,1-3H3,(H,31,32). The highest BCUT2D eigenvalue weighted by Crippen LogP contribution is 2.26. The third-order valence-corrected chi connectivity index (χ3v) is 7.67. The molecule has 0 aromatic heterocycles. The molecule has 2 aromatic carbocycles. The van der Waals surface area contributed by atoms with Gasteiger partial charge in [-0.1, -0.05) is 50.2 Å². The number of aliphatic imine (C=N–C) groups is 1. The number of ether oxygens (including phenoxy) is 1. The molecular formula is C27H32N2O7S. The number of aliphatic hydroxyl groups is 2. The van der Waals surface area contributed by atoms with E-state index in [1.54, 1.807) is 24.3 Å². The molecule has 2 aromatic rings. The number of aliphatic carboxylic acids is 1. The zero-order valence-corrected chi connectivity index (χ0v) is 21.9. The average Bonchev–Trinajstić information content (AvgIpc) is 3.04. The number of hydrogen-bond acceptors (Lipinski definition) is 7. The lowest BCUT2D eigenvalue weighted by Gasteiger charge is -2.25. The Bertz CT molecular complexity index is 1290. The number of aliphatic hydroxyl groups excluding tert-OH is 1. The molecule has 0 bridgehead atoms. The number of benzene rings is 2. The molecule has 1 heterocycles. The van der Waals surface area contributed by atoms with E-state index in [9.17, 15) is 23.4 Å². The molecule has 1 atom stereocenters. The van der Waals surface area contributed by atoms with Gasteiger partial charge in [-0.25, -0.2) is 13.2 Å². The van der Waals surface area contributed by atoms with E-state index >= 15 is 0 Å². The van der Waals surface area contributed by atoms with E-state index in [0.29, 0.717) is 11.3 Å². The summed E-state index contributed by atoms with van der Waals surface area (Å²) in [5, 5.41) is 28.7. The van der Waals surface area contributed by atoms with E-state index in [1.807, 2.05) is 38.1 Å². The summed E-state index contributed by atoms with van der Waals surface area (Å²) >= 11 is 0. The number of nitrogens with zero attached hydrogens (tertiary/aromatic N) is 2. The van der Waals surface area contributed by atoms with Gasteiger partial charge in [0.25, 0.3) is 0 Å². The van der Waals surface area contributed by atoms with Crippen LogP contribution in [0.25, 0.3) is 0 Å². The minimum Gasteiger partial charge on any atom is -0.482 e. The number of carboxylic acids is 1. The van der Waals surface area contributed by atoms with Crippen molar-refractivity contribution in [1.29, 1.82) is 0 Å². The van der Waals surface area contributed by atoms with Crippen LogP contribution in [0.15, 0.2) is 76.8 Å². The second kappa shape index (κ2) is 11.4. The lowest BCUT2D eigenvalue weighted by molar-refractivity contribution is -0.139. The SMILES string of the molecule is CC1(O)C=CC(S(=O)(=O)N(Cc2ccc(OCC(=O)O)cc2)Cc2ccc(C(C)(C)CO)cc2)=CN=C1. The molecule has 10 heteroatoms. The Morgan fingerprint density at radius 3 is 2.16 bits per heavy atom. The fourth-order valence-electron chi connectivity index (χ4n) is 3.52. The van der Waals surface area contributed by atoms with Gasteiger partial charge in [-0.3, -0.25) is 4.99 Å². The minimum absolute atomic E-state index is 0.0240. The second-order valence-electron chi connectivity index (χ2n) is 9.71. The molecule has 0 saturated carbocycles. The lowest BCUT2D eigenvalue weighted by Crippen LogP contribution is -2.31. The normalized spacial score (nSPS) is 17.9. The maximum Gasteiger partial charge on any atom is 0.341 e. The summed E-state index contributed by atoms with van der Waals surface area (Å²) < 4.78 is 33.9. The lowest BCUT2D eigenvalue weighted by atomic mass is 9.85. The number of carbonyl (C=O) groups is 1. The minimum atomic E-state index is -4.03. The van der Waals surface area contributed by atoms with Gasteiger partial charge in [0.1, 0.15) is 16.3 Å². The number of sulfonamides is 1. The highest BCUT2D eigenvalue weighted by atomic mass is 32.2. The Balaban J connectivity index is 1.91. The van der Waals surface area contributed by atoms with Crippen molar-refractivity contribution >= 4 is 22.2 Å². The first kappa shape index (κ1) is 28.3. The van der Waals surface area contributed by atoms with Crippen molar-refractivity contribution in [2.75, 3.05) is 13.2 Å². The molecule has 0 saturated heterocycles. The number of carboxylic acid groups (broad SMARTS) is 1. The molecular weight excluding hydrogens is 496 g/mol. The van der Waals surface area contributed by atoms with Crippen LogP contribution in [0.5, 0.6) is 5.75 Å². The Labute approximate surface area is 217 Å². The molecule has 1 aliphatic rings. The summed E-state index contributed by atoms with van der Waals surface area (Å²) in [6.07, 6.45) is 5.17. The first-order valence-corrected chi connectivity index (χ1v) is 13.1. The Morgan fingerprint density at radius 2 is 1.62 bits per heavy atom. The summed E-state index contributed by atoms with van der Waals surface area (Å²) in [6.45, 7) is 4.92. The van der Waals surface area contributed by atoms with Gasteiger partial charge < -0.3 is 20.1 Å². The van der Waals surface area contributed by atoms with Gasteiger partial charge in [0.05, 0.1) is 6.61 Å². The predicted octanol–water partition coefficient (Wildman–Crippen LogP) is 2.98. The van der Waals surface area contributed by atoms with Crippen molar-refractivity contribution in [3.8, 4) is 5.75 Å². The van der Waals surface area contributed by atoms with E-state index in [0.717, 1.165) is 11.1 Å². The van der Waals surface area contributed by atoms with E-state index < -0.39 is 33.6 Å². The summed E-state index contributed by atoms with van der Waals surface area (Å²) in [4.78, 5) is 14.6. The van der Waals surface area contributed by atoms with Crippen LogP contribution in [0.4, 0.5) is 0 Å². The molecule has 3 rings (SSSR count). The molecule has 0 amide bonds. The zero-order chi connectivity index (χ0) is 27.3. The Hall–Kier alpha value is -3.31. The Morgan fingerprint density at radius 1 is 1.05 bits per heavy atom. The maximum absolute atomic E-state index is 13.7. The zero-order valence-electron chi connectivity index (χ0n) is 21.0. The van der Waals surface area contributed by atoms with Crippen LogP contribution < -0.4 is 4.74 Å². The van der Waals surface area contributed by atoms with Crippen LogP contribution in [0.2, 0.25) is 0 Å². The van der Waals surface area contributed by atoms with Crippen molar-refractivity contribution in [2.45, 2.75) is 44.9 Å². The molecule has 37 heavy (non-hydrogen) atoms. The van der Waals surface area contributed by atoms with E-state index in [1.165, 1.54) is 35.8 Å². The molecule has 1 unspecified atom stereocenters. The van der Waals surface area contributed by atoms with Gasteiger partial charge in [-0.05, 0) is 47.9 Å². The van der Waals surface area contributed by atoms with E-state index in [-0.39, 0.29) is 24.6 Å². The second-order valence-corrected chi connectivity index (χ2v) is 11.6. The topological polar surface area (TPSA) is 137 Å². The molecule has 198 valence electrons. The van der Waals surface area contributed by atoms with Gasteiger partial charge in [0.15, 0.2) is 6.61 Å². The fraction of sp³-hybridized carbons (Fsp3) is 0.333. The number of allylic oxidation sites excluding steroid dienone is 1. The van der Waals surface area contributed by atoms with Gasteiger partial charge in [0.2, 0.25) is 10.0 Å². The van der Waals surface area contributed by atoms with E-state index in [4.69, 9.17) is 9.84 Å². The van der Waals surface area contributed by atoms with Crippen LogP contribution in [-0.2, 0) is 33.3 Å². The van der Waals surface area contributed by atoms with E-state index in [2.05, 4.69) is 4.99 Å². The average molecular weight is 529 g/mol.